The molecule has 126 valence electrons. The van der Waals surface area contributed by atoms with Crippen LogP contribution in [-0.4, -0.2) is 30.9 Å². The first-order chi connectivity index (χ1) is 11.4. The molecule has 24 heavy (non-hydrogen) atoms. The Bertz CT molecular complexity index is 883. The molecule has 0 saturated carbocycles. The fraction of sp³-hybridized carbons (Fsp3) is 0.235. The average molecular weight is 348 g/mol. The van der Waals surface area contributed by atoms with Crippen LogP contribution in [0.4, 0.5) is 10.1 Å². The second-order valence-electron chi connectivity index (χ2n) is 5.77. The fourth-order valence-electron chi connectivity index (χ4n) is 2.85. The molecule has 5 nitrogen and oxygen atoms in total. The van der Waals surface area contributed by atoms with E-state index in [9.17, 15) is 17.6 Å². The number of sulfonamides is 1. The van der Waals surface area contributed by atoms with Crippen molar-refractivity contribution in [1.82, 2.24) is 4.31 Å². The number of amides is 1. The molecule has 0 aromatic heterocycles. The first-order valence-corrected chi connectivity index (χ1v) is 9.30. The van der Waals surface area contributed by atoms with Crippen molar-refractivity contribution in [2.24, 2.45) is 0 Å². The van der Waals surface area contributed by atoms with E-state index in [0.29, 0.717) is 0 Å². The number of rotatable bonds is 3. The Kier molecular flexibility index (Phi) is 4.38. The van der Waals surface area contributed by atoms with Crippen LogP contribution in [0.25, 0.3) is 0 Å². The molecule has 0 bridgehead atoms. The zero-order chi connectivity index (χ0) is 17.3. The highest BCUT2D eigenvalue weighted by atomic mass is 32.2. The Balaban J connectivity index is 1.92. The largest absolute Gasteiger partial charge is 0.322 e. The Hall–Kier alpha value is -2.25. The van der Waals surface area contributed by atoms with Crippen LogP contribution in [0.2, 0.25) is 0 Å². The average Bonchev–Trinajstić information content (AvgIpc) is 2.55. The van der Waals surface area contributed by atoms with Crippen LogP contribution < -0.4 is 5.32 Å². The molecule has 0 aliphatic carbocycles. The number of nitrogens with one attached hydrogen (secondary N) is 1. The van der Waals surface area contributed by atoms with Crippen molar-refractivity contribution >= 4 is 21.6 Å². The number of halogens is 1. The lowest BCUT2D eigenvalue weighted by atomic mass is 9.95. The maximum absolute atomic E-state index is 13.7. The predicted octanol–water partition coefficient (Wildman–Crippen LogP) is 2.15. The van der Waals surface area contributed by atoms with Crippen molar-refractivity contribution in [2.75, 3.05) is 11.6 Å². The molecule has 1 aliphatic rings. The summed E-state index contributed by atoms with van der Waals surface area (Å²) in [6.07, 6.45) is 1.33. The van der Waals surface area contributed by atoms with Gasteiger partial charge in [0.25, 0.3) is 0 Å². The highest BCUT2D eigenvalue weighted by molar-refractivity contribution is 7.88. The molecule has 1 amide bonds. The van der Waals surface area contributed by atoms with Gasteiger partial charge in [0, 0.05) is 6.54 Å². The number of hydrogen-bond acceptors (Lipinski definition) is 3. The fourth-order valence-corrected chi connectivity index (χ4v) is 3.86. The Morgan fingerprint density at radius 3 is 2.42 bits per heavy atom. The molecule has 1 aliphatic heterocycles. The van der Waals surface area contributed by atoms with Crippen molar-refractivity contribution in [3.05, 3.63) is 65.5 Å². The van der Waals surface area contributed by atoms with Crippen molar-refractivity contribution in [1.29, 1.82) is 0 Å². The maximum Gasteiger partial charge on any atom is 0.243 e. The van der Waals surface area contributed by atoms with E-state index in [2.05, 4.69) is 5.32 Å². The third-order valence-corrected chi connectivity index (χ3v) is 5.30. The maximum atomic E-state index is 13.7. The van der Waals surface area contributed by atoms with Gasteiger partial charge in [-0.2, -0.15) is 4.31 Å². The van der Waals surface area contributed by atoms with E-state index in [1.165, 1.54) is 18.2 Å². The molecular formula is C17H17FN2O3S. The van der Waals surface area contributed by atoms with Crippen molar-refractivity contribution in [2.45, 2.75) is 19.0 Å². The minimum atomic E-state index is -3.59. The minimum absolute atomic E-state index is 0.0369. The zero-order valence-corrected chi connectivity index (χ0v) is 13.9. The molecule has 1 heterocycles. The van der Waals surface area contributed by atoms with E-state index in [-0.39, 0.29) is 18.7 Å². The monoisotopic (exact) mass is 348 g/mol. The summed E-state index contributed by atoms with van der Waals surface area (Å²) >= 11 is 0. The quantitative estimate of drug-likeness (QED) is 0.924. The highest BCUT2D eigenvalue weighted by Crippen LogP contribution is 2.26. The number of fused-ring (bicyclic) bond motifs is 1. The molecular weight excluding hydrogens is 331 g/mol. The lowest BCUT2D eigenvalue weighted by Crippen LogP contribution is -2.50. The number of anilines is 1. The van der Waals surface area contributed by atoms with Crippen molar-refractivity contribution in [3.63, 3.8) is 0 Å². The first kappa shape index (κ1) is 16.6. The molecule has 7 heteroatoms. The zero-order valence-electron chi connectivity index (χ0n) is 13.1. The molecule has 1 atom stereocenters. The minimum Gasteiger partial charge on any atom is -0.322 e. The van der Waals surface area contributed by atoms with Gasteiger partial charge in [-0.1, -0.05) is 36.4 Å². The molecule has 2 aromatic carbocycles. The second kappa shape index (κ2) is 6.33. The molecule has 1 N–H and O–H groups in total. The molecule has 0 spiro atoms. The standard InChI is InChI=1S/C17H17FN2O3S/c1-24(22,23)20-11-13-7-3-2-6-12(13)10-16(20)17(21)19-15-9-5-4-8-14(15)18/h2-9,16H,10-11H2,1H3,(H,19,21). The Morgan fingerprint density at radius 1 is 1.12 bits per heavy atom. The summed E-state index contributed by atoms with van der Waals surface area (Å²) in [5.74, 6) is -1.10. The van der Waals surface area contributed by atoms with Gasteiger partial charge in [-0.25, -0.2) is 12.8 Å². The van der Waals surface area contributed by atoms with Gasteiger partial charge in [0.2, 0.25) is 15.9 Å². The summed E-state index contributed by atoms with van der Waals surface area (Å²) in [5, 5.41) is 2.49. The van der Waals surface area contributed by atoms with Crippen LogP contribution in [0, 0.1) is 5.82 Å². The van der Waals surface area contributed by atoms with Gasteiger partial charge in [-0.15, -0.1) is 0 Å². The van der Waals surface area contributed by atoms with Crippen LogP contribution in [0.3, 0.4) is 0 Å². The number of hydrogen-bond donors (Lipinski definition) is 1. The van der Waals surface area contributed by atoms with Gasteiger partial charge >= 0.3 is 0 Å². The molecule has 3 rings (SSSR count). The highest BCUT2D eigenvalue weighted by Gasteiger charge is 2.36. The third kappa shape index (κ3) is 3.32. The summed E-state index contributed by atoms with van der Waals surface area (Å²) in [4.78, 5) is 12.6. The molecule has 1 unspecified atom stereocenters. The van der Waals surface area contributed by atoms with Crippen molar-refractivity contribution in [3.8, 4) is 0 Å². The summed E-state index contributed by atoms with van der Waals surface area (Å²) in [7, 11) is -3.59. The van der Waals surface area contributed by atoms with Gasteiger partial charge < -0.3 is 5.32 Å². The van der Waals surface area contributed by atoms with Crippen molar-refractivity contribution < 1.29 is 17.6 Å². The smallest absolute Gasteiger partial charge is 0.243 e. The summed E-state index contributed by atoms with van der Waals surface area (Å²) in [6, 6.07) is 12.3. The van der Waals surface area contributed by atoms with Crippen LogP contribution >= 0.6 is 0 Å². The lowest BCUT2D eigenvalue weighted by molar-refractivity contribution is -0.120. The topological polar surface area (TPSA) is 66.5 Å². The van der Waals surface area contributed by atoms with E-state index in [4.69, 9.17) is 0 Å². The molecule has 0 radical (unpaired) electrons. The van der Waals surface area contributed by atoms with Crippen LogP contribution in [0.15, 0.2) is 48.5 Å². The second-order valence-corrected chi connectivity index (χ2v) is 7.70. The number of nitrogens with zero attached hydrogens (tertiary/aromatic N) is 1. The van der Waals surface area contributed by atoms with E-state index in [1.807, 2.05) is 24.3 Å². The number of carbonyl (C=O) groups is 1. The van der Waals surface area contributed by atoms with Crippen LogP contribution in [-0.2, 0) is 27.8 Å². The van der Waals surface area contributed by atoms with E-state index >= 15 is 0 Å². The van der Waals surface area contributed by atoms with Gasteiger partial charge in [-0.3, -0.25) is 4.79 Å². The van der Waals surface area contributed by atoms with Crippen LogP contribution in [0.5, 0.6) is 0 Å². The normalized spacial score (nSPS) is 18.0. The summed E-state index contributed by atoms with van der Waals surface area (Å²) < 4.78 is 39.1. The SMILES string of the molecule is CS(=O)(=O)N1Cc2ccccc2CC1C(=O)Nc1ccccc1F. The van der Waals surface area contributed by atoms with E-state index in [0.717, 1.165) is 21.7 Å². The van der Waals surface area contributed by atoms with Gasteiger partial charge in [-0.05, 0) is 29.7 Å². The summed E-state index contributed by atoms with van der Waals surface area (Å²) in [5.41, 5.74) is 1.83. The first-order valence-electron chi connectivity index (χ1n) is 7.45. The number of para-hydroxylation sites is 1. The van der Waals surface area contributed by atoms with Gasteiger partial charge in [0.1, 0.15) is 11.9 Å². The van der Waals surface area contributed by atoms with Gasteiger partial charge in [0.05, 0.1) is 11.9 Å². The Morgan fingerprint density at radius 2 is 1.75 bits per heavy atom. The number of carbonyl (C=O) groups excluding carboxylic acids is 1. The third-order valence-electron chi connectivity index (χ3n) is 4.07. The number of benzene rings is 2. The Labute approximate surface area is 140 Å². The van der Waals surface area contributed by atoms with E-state index in [1.54, 1.807) is 6.07 Å². The van der Waals surface area contributed by atoms with E-state index < -0.39 is 27.8 Å². The van der Waals surface area contributed by atoms with Crippen LogP contribution in [0.1, 0.15) is 11.1 Å². The lowest BCUT2D eigenvalue weighted by Gasteiger charge is -2.34. The van der Waals surface area contributed by atoms with Gasteiger partial charge in [0.15, 0.2) is 0 Å². The molecule has 0 saturated heterocycles. The summed E-state index contributed by atoms with van der Waals surface area (Å²) in [6.45, 7) is 0.129. The molecule has 2 aromatic rings. The molecule has 0 fully saturated rings. The predicted molar refractivity (Wildman–Crippen MR) is 89.4 cm³/mol.